The minimum absolute atomic E-state index is 0.0326. The van der Waals surface area contributed by atoms with Gasteiger partial charge in [-0.05, 0) is 39.8 Å². The van der Waals surface area contributed by atoms with Crippen molar-refractivity contribution in [3.05, 3.63) is 30.1 Å². The maximum absolute atomic E-state index is 5.85. The quantitative estimate of drug-likeness (QED) is 0.606. The van der Waals surface area contributed by atoms with Crippen molar-refractivity contribution in [1.29, 1.82) is 0 Å². The third kappa shape index (κ3) is 6.29. The van der Waals surface area contributed by atoms with E-state index in [0.29, 0.717) is 0 Å². The molecule has 140 valence electrons. The summed E-state index contributed by atoms with van der Waals surface area (Å²) < 4.78 is 5.85. The van der Waals surface area contributed by atoms with Crippen LogP contribution in [0.5, 0.6) is 0 Å². The number of hydrogen-bond donors (Lipinski definition) is 2. The fourth-order valence-corrected chi connectivity index (χ4v) is 3.16. The number of nitrogens with zero attached hydrogens (tertiary/aromatic N) is 3. The second-order valence-corrected chi connectivity index (χ2v) is 7.40. The normalized spacial score (nSPS) is 22.7. The van der Waals surface area contributed by atoms with Crippen LogP contribution in [0.2, 0.25) is 0 Å². The lowest BCUT2D eigenvalue weighted by Gasteiger charge is -2.45. The van der Waals surface area contributed by atoms with Crippen LogP contribution in [0.25, 0.3) is 0 Å². The minimum Gasteiger partial charge on any atom is -0.373 e. The first-order valence-corrected chi connectivity index (χ1v) is 9.15. The lowest BCUT2D eigenvalue weighted by atomic mass is 10.00. The van der Waals surface area contributed by atoms with Gasteiger partial charge in [-0.1, -0.05) is 6.07 Å². The van der Waals surface area contributed by atoms with E-state index in [-0.39, 0.29) is 17.7 Å². The number of rotatable bonds is 6. The molecule has 0 saturated carbocycles. The second-order valence-electron chi connectivity index (χ2n) is 7.40. The summed E-state index contributed by atoms with van der Waals surface area (Å²) in [7, 11) is 1.81. The number of ether oxygens (including phenoxy) is 1. The van der Waals surface area contributed by atoms with Gasteiger partial charge < -0.3 is 15.4 Å². The summed E-state index contributed by atoms with van der Waals surface area (Å²) in [5.41, 5.74) is 1.12. The van der Waals surface area contributed by atoms with Crippen LogP contribution in [0.4, 0.5) is 0 Å². The van der Waals surface area contributed by atoms with Crippen LogP contribution in [0.3, 0.4) is 0 Å². The minimum atomic E-state index is 0.0326. The molecule has 0 bridgehead atoms. The molecule has 25 heavy (non-hydrogen) atoms. The number of morpholine rings is 1. The van der Waals surface area contributed by atoms with E-state index >= 15 is 0 Å². The first kappa shape index (κ1) is 19.7. The number of nitrogens with one attached hydrogen (secondary N) is 2. The Bertz CT molecular complexity index is 536. The first-order valence-electron chi connectivity index (χ1n) is 9.15. The molecular formula is C19H33N5O. The van der Waals surface area contributed by atoms with Crippen LogP contribution >= 0.6 is 0 Å². The van der Waals surface area contributed by atoms with Crippen LogP contribution in [0.15, 0.2) is 29.4 Å². The Morgan fingerprint density at radius 2 is 2.00 bits per heavy atom. The maximum atomic E-state index is 5.85. The molecule has 2 heterocycles. The van der Waals surface area contributed by atoms with Crippen LogP contribution < -0.4 is 10.6 Å². The predicted molar refractivity (Wildman–Crippen MR) is 103 cm³/mol. The highest BCUT2D eigenvalue weighted by molar-refractivity contribution is 5.79. The standard InChI is InChI=1S/C19H33N5O/c1-15-12-24(13-16(2)25-15)19(3,4)14-23-18(20-5)22-11-9-17-8-6-7-10-21-17/h6-8,10,15-16H,9,11-14H2,1-5H3,(H2,20,22,23). The Balaban J connectivity index is 1.78. The average Bonchev–Trinajstić information content (AvgIpc) is 2.58. The molecule has 1 aliphatic heterocycles. The van der Waals surface area contributed by atoms with Gasteiger partial charge >= 0.3 is 0 Å². The van der Waals surface area contributed by atoms with Gasteiger partial charge in [-0.25, -0.2) is 0 Å². The average molecular weight is 348 g/mol. The molecule has 1 aliphatic rings. The summed E-state index contributed by atoms with van der Waals surface area (Å²) in [4.78, 5) is 11.2. The highest BCUT2D eigenvalue weighted by Gasteiger charge is 2.33. The molecule has 0 aromatic carbocycles. The van der Waals surface area contributed by atoms with Gasteiger partial charge in [0.2, 0.25) is 0 Å². The Morgan fingerprint density at radius 1 is 1.28 bits per heavy atom. The molecule has 0 spiro atoms. The van der Waals surface area contributed by atoms with Gasteiger partial charge in [-0.15, -0.1) is 0 Å². The molecule has 0 amide bonds. The van der Waals surface area contributed by atoms with Gasteiger partial charge in [0.15, 0.2) is 5.96 Å². The third-order valence-corrected chi connectivity index (χ3v) is 4.59. The van der Waals surface area contributed by atoms with Gasteiger partial charge in [-0.3, -0.25) is 14.9 Å². The van der Waals surface area contributed by atoms with Gasteiger partial charge in [0.1, 0.15) is 0 Å². The van der Waals surface area contributed by atoms with E-state index in [1.54, 1.807) is 0 Å². The van der Waals surface area contributed by atoms with Crippen molar-refractivity contribution in [3.63, 3.8) is 0 Å². The molecule has 2 N–H and O–H groups in total. The number of aliphatic imine (C=N–C) groups is 1. The molecule has 1 aromatic rings. The summed E-state index contributed by atoms with van der Waals surface area (Å²) in [5, 5.41) is 6.83. The molecule has 6 nitrogen and oxygen atoms in total. The molecule has 0 radical (unpaired) electrons. The lowest BCUT2D eigenvalue weighted by molar-refractivity contribution is -0.0946. The summed E-state index contributed by atoms with van der Waals surface area (Å²) >= 11 is 0. The molecule has 0 aliphatic carbocycles. The van der Waals surface area contributed by atoms with E-state index in [9.17, 15) is 0 Å². The summed E-state index contributed by atoms with van der Waals surface area (Å²) in [5.74, 6) is 0.832. The van der Waals surface area contributed by atoms with Crippen molar-refractivity contribution in [2.24, 2.45) is 4.99 Å². The van der Waals surface area contributed by atoms with Crippen molar-refractivity contribution in [1.82, 2.24) is 20.5 Å². The van der Waals surface area contributed by atoms with Crippen LogP contribution in [-0.2, 0) is 11.2 Å². The molecule has 6 heteroatoms. The SMILES string of the molecule is CN=C(NCCc1ccccn1)NCC(C)(C)N1CC(C)OC(C)C1. The predicted octanol–water partition coefficient (Wildman–Crippen LogP) is 1.68. The molecule has 1 saturated heterocycles. The zero-order chi connectivity index (χ0) is 18.3. The van der Waals surface area contributed by atoms with Gasteiger partial charge in [0.25, 0.3) is 0 Å². The largest absolute Gasteiger partial charge is 0.373 e. The monoisotopic (exact) mass is 347 g/mol. The third-order valence-electron chi connectivity index (χ3n) is 4.59. The van der Waals surface area contributed by atoms with E-state index in [2.05, 4.69) is 53.2 Å². The Kier molecular flexibility index (Phi) is 7.20. The fourth-order valence-electron chi connectivity index (χ4n) is 3.16. The van der Waals surface area contributed by atoms with Gasteiger partial charge in [-0.2, -0.15) is 0 Å². The first-order chi connectivity index (χ1) is 11.9. The lowest BCUT2D eigenvalue weighted by Crippen LogP contribution is -2.59. The van der Waals surface area contributed by atoms with Crippen LogP contribution in [0.1, 0.15) is 33.4 Å². The zero-order valence-corrected chi connectivity index (χ0v) is 16.2. The molecular weight excluding hydrogens is 314 g/mol. The van der Waals surface area contributed by atoms with Crippen molar-refractivity contribution < 1.29 is 4.74 Å². The molecule has 2 rings (SSSR count). The molecule has 1 fully saturated rings. The van der Waals surface area contributed by atoms with E-state index in [0.717, 1.165) is 44.3 Å². The molecule has 2 unspecified atom stereocenters. The Labute approximate surface area is 152 Å². The van der Waals surface area contributed by atoms with Gasteiger partial charge in [0, 0.05) is 57.1 Å². The smallest absolute Gasteiger partial charge is 0.191 e. The number of aromatic nitrogens is 1. The van der Waals surface area contributed by atoms with E-state index < -0.39 is 0 Å². The van der Waals surface area contributed by atoms with Crippen LogP contribution in [-0.4, -0.2) is 66.8 Å². The summed E-state index contributed by atoms with van der Waals surface area (Å²) in [6.45, 7) is 12.4. The Morgan fingerprint density at radius 3 is 2.60 bits per heavy atom. The summed E-state index contributed by atoms with van der Waals surface area (Å²) in [6, 6.07) is 6.00. The highest BCUT2D eigenvalue weighted by atomic mass is 16.5. The van der Waals surface area contributed by atoms with Crippen molar-refractivity contribution >= 4 is 5.96 Å². The molecule has 2 atom stereocenters. The van der Waals surface area contributed by atoms with E-state index in [1.165, 1.54) is 0 Å². The Hall–Kier alpha value is -1.66. The highest BCUT2D eigenvalue weighted by Crippen LogP contribution is 2.20. The zero-order valence-electron chi connectivity index (χ0n) is 16.2. The van der Waals surface area contributed by atoms with Crippen molar-refractivity contribution in [2.75, 3.05) is 33.2 Å². The van der Waals surface area contributed by atoms with Crippen LogP contribution in [0, 0.1) is 0 Å². The van der Waals surface area contributed by atoms with E-state index in [1.807, 2.05) is 31.4 Å². The van der Waals surface area contributed by atoms with Crippen molar-refractivity contribution in [2.45, 2.75) is 51.9 Å². The summed E-state index contributed by atoms with van der Waals surface area (Å²) in [6.07, 6.45) is 3.26. The number of guanidine groups is 1. The molecule has 1 aromatic heterocycles. The number of hydrogen-bond acceptors (Lipinski definition) is 4. The van der Waals surface area contributed by atoms with Gasteiger partial charge in [0.05, 0.1) is 12.2 Å². The maximum Gasteiger partial charge on any atom is 0.191 e. The van der Waals surface area contributed by atoms with E-state index in [4.69, 9.17) is 4.74 Å². The number of pyridine rings is 1. The topological polar surface area (TPSA) is 61.8 Å². The van der Waals surface area contributed by atoms with Crippen molar-refractivity contribution in [3.8, 4) is 0 Å². The second kappa shape index (κ2) is 9.15. The fraction of sp³-hybridized carbons (Fsp3) is 0.684.